The van der Waals surface area contributed by atoms with Gasteiger partial charge in [0.2, 0.25) is 0 Å². The summed E-state index contributed by atoms with van der Waals surface area (Å²) < 4.78 is 0. The zero-order valence-electron chi connectivity index (χ0n) is 10.1. The molecule has 0 unspecified atom stereocenters. The van der Waals surface area contributed by atoms with Gasteiger partial charge in [-0.25, -0.2) is 0 Å². The minimum absolute atomic E-state index is 0.374. The number of hydrogen-bond acceptors (Lipinski definition) is 3. The topological polar surface area (TPSA) is 58.4 Å². The van der Waals surface area contributed by atoms with Gasteiger partial charge in [-0.3, -0.25) is 4.79 Å². The standard InChI is InChI=1S/C13H19N3O/c1-16-8-6-10(7-9-16)15-12-5-3-2-4-11(12)13(14)17/h2-5,10,15H,6-9H2,1H3,(H2,14,17). The number of carbonyl (C=O) groups excluding carboxylic acids is 1. The molecule has 0 aromatic heterocycles. The van der Waals surface area contributed by atoms with Crippen LogP contribution in [0.2, 0.25) is 0 Å². The van der Waals surface area contributed by atoms with Crippen LogP contribution in [0.4, 0.5) is 5.69 Å². The van der Waals surface area contributed by atoms with Crippen LogP contribution in [0.1, 0.15) is 23.2 Å². The van der Waals surface area contributed by atoms with Crippen molar-refractivity contribution in [1.82, 2.24) is 4.90 Å². The summed E-state index contributed by atoms with van der Waals surface area (Å²) >= 11 is 0. The second-order valence-electron chi connectivity index (χ2n) is 4.63. The van der Waals surface area contributed by atoms with E-state index in [2.05, 4.69) is 17.3 Å². The first kappa shape index (κ1) is 11.9. The average Bonchev–Trinajstić information content (AvgIpc) is 2.32. The summed E-state index contributed by atoms with van der Waals surface area (Å²) in [6.45, 7) is 2.19. The van der Waals surface area contributed by atoms with E-state index < -0.39 is 0 Å². The van der Waals surface area contributed by atoms with Crippen LogP contribution in [0.15, 0.2) is 24.3 Å². The van der Waals surface area contributed by atoms with Crippen molar-refractivity contribution in [2.75, 3.05) is 25.5 Å². The van der Waals surface area contributed by atoms with Crippen LogP contribution < -0.4 is 11.1 Å². The Morgan fingerprint density at radius 3 is 2.65 bits per heavy atom. The zero-order chi connectivity index (χ0) is 12.3. The van der Waals surface area contributed by atoms with E-state index in [0.717, 1.165) is 31.6 Å². The van der Waals surface area contributed by atoms with Gasteiger partial charge in [0.25, 0.3) is 5.91 Å². The Hall–Kier alpha value is -1.55. The molecule has 0 saturated carbocycles. The largest absolute Gasteiger partial charge is 0.382 e. The number of rotatable bonds is 3. The van der Waals surface area contributed by atoms with Gasteiger partial charge in [0, 0.05) is 11.7 Å². The first-order valence-corrected chi connectivity index (χ1v) is 6.00. The zero-order valence-corrected chi connectivity index (χ0v) is 10.1. The number of nitrogens with two attached hydrogens (primary N) is 1. The van der Waals surface area contributed by atoms with Gasteiger partial charge in [0.15, 0.2) is 0 Å². The normalized spacial score (nSPS) is 17.9. The van der Waals surface area contributed by atoms with Crippen LogP contribution in [0.5, 0.6) is 0 Å². The number of para-hydroxylation sites is 1. The molecule has 0 aliphatic carbocycles. The molecule has 1 aromatic carbocycles. The van der Waals surface area contributed by atoms with Gasteiger partial charge in [0.05, 0.1) is 5.56 Å². The molecule has 1 saturated heterocycles. The summed E-state index contributed by atoms with van der Waals surface area (Å²) in [4.78, 5) is 13.6. The molecule has 1 aliphatic heterocycles. The fraction of sp³-hybridized carbons (Fsp3) is 0.462. The van der Waals surface area contributed by atoms with Gasteiger partial charge in [-0.1, -0.05) is 12.1 Å². The molecule has 1 aromatic rings. The maximum atomic E-state index is 11.3. The van der Waals surface area contributed by atoms with Gasteiger partial charge >= 0.3 is 0 Å². The summed E-state index contributed by atoms with van der Waals surface area (Å²) in [7, 11) is 2.13. The number of carbonyl (C=O) groups is 1. The molecule has 1 amide bonds. The predicted octanol–water partition coefficient (Wildman–Crippen LogP) is 1.29. The van der Waals surface area contributed by atoms with Crippen molar-refractivity contribution in [3.05, 3.63) is 29.8 Å². The summed E-state index contributed by atoms with van der Waals surface area (Å²) in [5.74, 6) is -0.374. The van der Waals surface area contributed by atoms with Gasteiger partial charge in [-0.15, -0.1) is 0 Å². The highest BCUT2D eigenvalue weighted by atomic mass is 16.1. The number of nitrogens with zero attached hydrogens (tertiary/aromatic N) is 1. The highest BCUT2D eigenvalue weighted by molar-refractivity contribution is 5.98. The molecule has 0 atom stereocenters. The predicted molar refractivity (Wildman–Crippen MR) is 69.1 cm³/mol. The quantitative estimate of drug-likeness (QED) is 0.827. The number of piperidine rings is 1. The lowest BCUT2D eigenvalue weighted by Gasteiger charge is -2.30. The van der Waals surface area contributed by atoms with Gasteiger partial charge in [-0.2, -0.15) is 0 Å². The van der Waals surface area contributed by atoms with E-state index in [1.54, 1.807) is 6.07 Å². The second-order valence-corrected chi connectivity index (χ2v) is 4.63. The van der Waals surface area contributed by atoms with Crippen molar-refractivity contribution in [1.29, 1.82) is 0 Å². The molecular formula is C13H19N3O. The molecule has 17 heavy (non-hydrogen) atoms. The van der Waals surface area contributed by atoms with Gasteiger partial charge < -0.3 is 16.0 Å². The third-order valence-electron chi connectivity index (χ3n) is 3.27. The third kappa shape index (κ3) is 2.97. The Labute approximate surface area is 102 Å². The molecule has 0 radical (unpaired) electrons. The molecule has 1 fully saturated rings. The molecule has 92 valence electrons. The van der Waals surface area contributed by atoms with Crippen LogP contribution in [0.3, 0.4) is 0 Å². The van der Waals surface area contributed by atoms with Crippen molar-refractivity contribution < 1.29 is 4.79 Å². The Morgan fingerprint density at radius 2 is 2.00 bits per heavy atom. The molecule has 2 rings (SSSR count). The average molecular weight is 233 g/mol. The molecule has 0 spiro atoms. The van der Waals surface area contributed by atoms with Crippen molar-refractivity contribution in [2.45, 2.75) is 18.9 Å². The molecule has 4 nitrogen and oxygen atoms in total. The van der Waals surface area contributed by atoms with E-state index >= 15 is 0 Å². The molecule has 3 N–H and O–H groups in total. The van der Waals surface area contributed by atoms with Crippen LogP contribution in [-0.4, -0.2) is 37.0 Å². The van der Waals surface area contributed by atoms with Crippen LogP contribution in [0.25, 0.3) is 0 Å². The number of primary amides is 1. The fourth-order valence-electron chi connectivity index (χ4n) is 2.20. The SMILES string of the molecule is CN1CCC(Nc2ccccc2C(N)=O)CC1. The van der Waals surface area contributed by atoms with Crippen molar-refractivity contribution in [2.24, 2.45) is 5.73 Å². The van der Waals surface area contributed by atoms with Crippen molar-refractivity contribution in [3.8, 4) is 0 Å². The summed E-state index contributed by atoms with van der Waals surface area (Å²) in [5.41, 5.74) is 6.79. The molecule has 0 bridgehead atoms. The van der Waals surface area contributed by atoms with Crippen LogP contribution in [-0.2, 0) is 0 Å². The highest BCUT2D eigenvalue weighted by Crippen LogP contribution is 2.19. The lowest BCUT2D eigenvalue weighted by Crippen LogP contribution is -2.37. The summed E-state index contributed by atoms with van der Waals surface area (Å²) in [6.07, 6.45) is 2.20. The van der Waals surface area contributed by atoms with E-state index in [1.165, 1.54) is 0 Å². The van der Waals surface area contributed by atoms with Crippen LogP contribution in [0, 0.1) is 0 Å². The Kier molecular flexibility index (Phi) is 3.64. The summed E-state index contributed by atoms with van der Waals surface area (Å²) in [5, 5.41) is 3.42. The Balaban J connectivity index is 2.05. The molecule has 1 aliphatic rings. The first-order chi connectivity index (χ1) is 8.16. The second kappa shape index (κ2) is 5.19. The molecular weight excluding hydrogens is 214 g/mol. The molecule has 4 heteroatoms. The van der Waals surface area contributed by atoms with Gasteiger partial charge in [-0.05, 0) is 45.1 Å². The van der Waals surface area contributed by atoms with Gasteiger partial charge in [0.1, 0.15) is 0 Å². The lowest BCUT2D eigenvalue weighted by molar-refractivity contribution is 0.100. The highest BCUT2D eigenvalue weighted by Gasteiger charge is 2.17. The monoisotopic (exact) mass is 233 g/mol. The number of anilines is 1. The number of hydrogen-bond donors (Lipinski definition) is 2. The first-order valence-electron chi connectivity index (χ1n) is 6.00. The maximum absolute atomic E-state index is 11.3. The van der Waals surface area contributed by atoms with E-state index in [9.17, 15) is 4.79 Å². The van der Waals surface area contributed by atoms with E-state index in [0.29, 0.717) is 11.6 Å². The number of benzene rings is 1. The van der Waals surface area contributed by atoms with Crippen molar-refractivity contribution >= 4 is 11.6 Å². The minimum atomic E-state index is -0.374. The van der Waals surface area contributed by atoms with Crippen molar-refractivity contribution in [3.63, 3.8) is 0 Å². The number of amides is 1. The third-order valence-corrected chi connectivity index (χ3v) is 3.27. The van der Waals surface area contributed by atoms with Crippen LogP contribution >= 0.6 is 0 Å². The number of nitrogens with one attached hydrogen (secondary N) is 1. The molecule has 1 heterocycles. The van der Waals surface area contributed by atoms with E-state index in [-0.39, 0.29) is 5.91 Å². The van der Waals surface area contributed by atoms with E-state index in [4.69, 9.17) is 5.73 Å². The minimum Gasteiger partial charge on any atom is -0.382 e. The van der Waals surface area contributed by atoms with E-state index in [1.807, 2.05) is 18.2 Å². The number of likely N-dealkylation sites (tertiary alicyclic amines) is 1. The smallest absolute Gasteiger partial charge is 0.250 e. The maximum Gasteiger partial charge on any atom is 0.250 e. The fourth-order valence-corrected chi connectivity index (χ4v) is 2.20. The Bertz CT molecular complexity index is 397. The summed E-state index contributed by atoms with van der Waals surface area (Å²) in [6, 6.07) is 7.87. The Morgan fingerprint density at radius 1 is 1.35 bits per heavy atom. The lowest BCUT2D eigenvalue weighted by atomic mass is 10.0.